The molecule has 2 aromatic rings. The van der Waals surface area contributed by atoms with E-state index in [1.807, 2.05) is 13.8 Å². The highest BCUT2D eigenvalue weighted by molar-refractivity contribution is 7.62. The van der Waals surface area contributed by atoms with E-state index in [0.717, 1.165) is 0 Å². The van der Waals surface area contributed by atoms with Crippen LogP contribution in [0.3, 0.4) is 0 Å². The van der Waals surface area contributed by atoms with E-state index in [0.29, 0.717) is 11.3 Å². The Morgan fingerprint density at radius 2 is 1.87 bits per heavy atom. The standard InChI is InChI=1S/C20H27N2O7P/c1-6-28-30(26,29-7-2)18-11-12-27-19(18)20(23)21(13-14(3)4)16-9-8-10-17(15(16)5)22(24)25/h8-12,14H,6-7,13H2,1-5H3. The quantitative estimate of drug-likeness (QED) is 0.300. The van der Waals surface area contributed by atoms with Crippen molar-refractivity contribution in [2.24, 2.45) is 5.92 Å². The van der Waals surface area contributed by atoms with Crippen molar-refractivity contribution < 1.29 is 27.7 Å². The third-order valence-corrected chi connectivity index (χ3v) is 6.43. The molecule has 1 amide bonds. The first kappa shape index (κ1) is 23.8. The molecule has 0 radical (unpaired) electrons. The van der Waals surface area contributed by atoms with Gasteiger partial charge in [-0.15, -0.1) is 0 Å². The van der Waals surface area contributed by atoms with Crippen LogP contribution in [0.15, 0.2) is 34.9 Å². The van der Waals surface area contributed by atoms with Gasteiger partial charge in [0.15, 0.2) is 0 Å². The van der Waals surface area contributed by atoms with Crippen LogP contribution in [-0.2, 0) is 13.6 Å². The molecule has 0 saturated heterocycles. The Morgan fingerprint density at radius 1 is 1.23 bits per heavy atom. The second kappa shape index (κ2) is 10.0. The summed E-state index contributed by atoms with van der Waals surface area (Å²) in [4.78, 5) is 25.7. The molecule has 0 spiro atoms. The summed E-state index contributed by atoms with van der Waals surface area (Å²) in [5, 5.41) is 11.4. The van der Waals surface area contributed by atoms with Gasteiger partial charge in [-0.05, 0) is 38.8 Å². The van der Waals surface area contributed by atoms with Crippen molar-refractivity contribution in [1.82, 2.24) is 0 Å². The van der Waals surface area contributed by atoms with Gasteiger partial charge >= 0.3 is 7.60 Å². The third-order valence-electron chi connectivity index (χ3n) is 4.29. The van der Waals surface area contributed by atoms with Crippen LogP contribution < -0.4 is 10.2 Å². The summed E-state index contributed by atoms with van der Waals surface area (Å²) in [5.74, 6) is -0.699. The number of rotatable bonds is 10. The molecule has 0 fully saturated rings. The lowest BCUT2D eigenvalue weighted by Crippen LogP contribution is -2.37. The Balaban J connectivity index is 2.59. The number of amides is 1. The van der Waals surface area contributed by atoms with Crippen molar-refractivity contribution in [3.63, 3.8) is 0 Å². The number of nitro groups is 1. The zero-order valence-corrected chi connectivity index (χ0v) is 18.7. The summed E-state index contributed by atoms with van der Waals surface area (Å²) in [6.07, 6.45) is 1.25. The van der Waals surface area contributed by atoms with E-state index in [2.05, 4.69) is 0 Å². The molecule has 0 aliphatic carbocycles. The lowest BCUT2D eigenvalue weighted by molar-refractivity contribution is -0.385. The molecule has 0 bridgehead atoms. The maximum absolute atomic E-state index is 13.5. The smallest absolute Gasteiger partial charge is 0.365 e. The maximum atomic E-state index is 13.5. The van der Waals surface area contributed by atoms with Gasteiger partial charge in [0.05, 0.1) is 35.7 Å². The van der Waals surface area contributed by atoms with Crippen LogP contribution in [0.2, 0.25) is 0 Å². The molecule has 1 aromatic carbocycles. The van der Waals surface area contributed by atoms with E-state index in [-0.39, 0.29) is 42.4 Å². The molecule has 0 unspecified atom stereocenters. The minimum absolute atomic E-state index is 0.0352. The average Bonchev–Trinajstić information content (AvgIpc) is 3.17. The fourth-order valence-corrected chi connectivity index (χ4v) is 4.75. The van der Waals surface area contributed by atoms with Crippen LogP contribution in [0.25, 0.3) is 0 Å². The molecule has 0 N–H and O–H groups in total. The highest BCUT2D eigenvalue weighted by Gasteiger charge is 2.37. The molecular weight excluding hydrogens is 411 g/mol. The fourth-order valence-electron chi connectivity index (χ4n) is 3.07. The van der Waals surface area contributed by atoms with Crippen LogP contribution in [0, 0.1) is 23.0 Å². The normalized spacial score (nSPS) is 11.7. The molecule has 0 aliphatic rings. The monoisotopic (exact) mass is 438 g/mol. The van der Waals surface area contributed by atoms with Crippen molar-refractivity contribution >= 4 is 30.2 Å². The van der Waals surface area contributed by atoms with Crippen LogP contribution in [0.4, 0.5) is 11.4 Å². The highest BCUT2D eigenvalue weighted by atomic mass is 31.2. The first-order chi connectivity index (χ1) is 14.2. The summed E-state index contributed by atoms with van der Waals surface area (Å²) in [5.41, 5.74) is 0.637. The number of hydrogen-bond acceptors (Lipinski definition) is 7. The van der Waals surface area contributed by atoms with E-state index in [1.165, 1.54) is 29.4 Å². The fraction of sp³-hybridized carbons (Fsp3) is 0.450. The van der Waals surface area contributed by atoms with Crippen molar-refractivity contribution in [2.45, 2.75) is 34.6 Å². The number of nitrogens with zero attached hydrogens (tertiary/aromatic N) is 2. The zero-order valence-electron chi connectivity index (χ0n) is 17.8. The number of carbonyl (C=O) groups excluding carboxylic acids is 1. The van der Waals surface area contributed by atoms with Crippen molar-refractivity contribution in [3.8, 4) is 0 Å². The Morgan fingerprint density at radius 3 is 2.40 bits per heavy atom. The molecular formula is C20H27N2O7P. The van der Waals surface area contributed by atoms with Gasteiger partial charge in [-0.3, -0.25) is 19.5 Å². The molecule has 10 heteroatoms. The number of furan rings is 1. The second-order valence-corrected chi connectivity index (χ2v) is 8.95. The zero-order chi connectivity index (χ0) is 22.5. The highest BCUT2D eigenvalue weighted by Crippen LogP contribution is 2.48. The Labute approximate surface area is 175 Å². The predicted molar refractivity (Wildman–Crippen MR) is 114 cm³/mol. The SMILES string of the molecule is CCOP(=O)(OCC)c1ccoc1C(=O)N(CC(C)C)c1cccc([N+](=O)[O-])c1C. The molecule has 30 heavy (non-hydrogen) atoms. The van der Waals surface area contributed by atoms with Crippen molar-refractivity contribution in [2.75, 3.05) is 24.7 Å². The Kier molecular flexibility index (Phi) is 7.95. The van der Waals surface area contributed by atoms with E-state index in [1.54, 1.807) is 26.8 Å². The summed E-state index contributed by atoms with van der Waals surface area (Å²) in [6.45, 7) is 9.28. The molecule has 1 aromatic heterocycles. The molecule has 2 rings (SSSR count). The third kappa shape index (κ3) is 4.98. The summed E-state index contributed by atoms with van der Waals surface area (Å²) >= 11 is 0. The van der Waals surface area contributed by atoms with E-state index in [9.17, 15) is 19.5 Å². The Hall–Kier alpha value is -2.48. The van der Waals surface area contributed by atoms with Crippen LogP contribution in [0.5, 0.6) is 0 Å². The largest absolute Gasteiger partial charge is 0.458 e. The lowest BCUT2D eigenvalue weighted by Gasteiger charge is -2.26. The maximum Gasteiger partial charge on any atom is 0.365 e. The summed E-state index contributed by atoms with van der Waals surface area (Å²) in [7, 11) is -3.77. The van der Waals surface area contributed by atoms with Gasteiger partial charge < -0.3 is 18.4 Å². The summed E-state index contributed by atoms with van der Waals surface area (Å²) < 4.78 is 29.4. The van der Waals surface area contributed by atoms with Crippen LogP contribution >= 0.6 is 7.60 Å². The number of carbonyl (C=O) groups is 1. The second-order valence-electron chi connectivity index (χ2n) is 6.96. The molecule has 0 atom stereocenters. The van der Waals surface area contributed by atoms with Crippen LogP contribution in [0.1, 0.15) is 43.8 Å². The average molecular weight is 438 g/mol. The number of anilines is 1. The van der Waals surface area contributed by atoms with Gasteiger partial charge in [0.2, 0.25) is 5.76 Å². The first-order valence-electron chi connectivity index (χ1n) is 9.69. The topological polar surface area (TPSA) is 112 Å². The van der Waals surface area contributed by atoms with E-state index in [4.69, 9.17) is 13.5 Å². The van der Waals surface area contributed by atoms with Crippen LogP contribution in [-0.4, -0.2) is 30.6 Å². The van der Waals surface area contributed by atoms with Gasteiger partial charge in [-0.25, -0.2) is 0 Å². The van der Waals surface area contributed by atoms with Crippen molar-refractivity contribution in [1.29, 1.82) is 0 Å². The van der Waals surface area contributed by atoms with Gasteiger partial charge in [-0.1, -0.05) is 19.9 Å². The van der Waals surface area contributed by atoms with E-state index >= 15 is 0 Å². The molecule has 9 nitrogen and oxygen atoms in total. The summed E-state index contributed by atoms with van der Waals surface area (Å²) in [6, 6.07) is 5.94. The Bertz CT molecular complexity index is 944. The molecule has 164 valence electrons. The van der Waals surface area contributed by atoms with Gasteiger partial charge in [0.25, 0.3) is 11.6 Å². The first-order valence-corrected chi connectivity index (χ1v) is 11.2. The lowest BCUT2D eigenvalue weighted by atomic mass is 10.1. The minimum Gasteiger partial charge on any atom is -0.458 e. The minimum atomic E-state index is -3.77. The van der Waals surface area contributed by atoms with Crippen molar-refractivity contribution in [3.05, 3.63) is 52.0 Å². The number of benzene rings is 1. The molecule has 1 heterocycles. The van der Waals surface area contributed by atoms with Gasteiger partial charge in [-0.2, -0.15) is 0 Å². The predicted octanol–water partition coefficient (Wildman–Crippen LogP) is 4.69. The number of hydrogen-bond donors (Lipinski definition) is 0. The van der Waals surface area contributed by atoms with Gasteiger partial charge in [0.1, 0.15) is 5.30 Å². The molecule has 0 aliphatic heterocycles. The molecule has 0 saturated carbocycles. The van der Waals surface area contributed by atoms with E-state index < -0.39 is 18.4 Å². The number of nitro benzene ring substituents is 1. The van der Waals surface area contributed by atoms with Gasteiger partial charge in [0, 0.05) is 12.6 Å².